The van der Waals surface area contributed by atoms with Crippen LogP contribution in [0.5, 0.6) is 0 Å². The molecule has 1 aliphatic rings. The molecule has 5 atom stereocenters. The normalized spacial score (nSPS) is 21.2. The smallest absolute Gasteiger partial charge is 0.373 e. The van der Waals surface area contributed by atoms with Crippen molar-refractivity contribution in [2.45, 2.75) is 65.1 Å². The molecule has 0 unspecified atom stereocenters. The Labute approximate surface area is 189 Å². The number of esters is 5. The molecule has 0 aliphatic carbocycles. The van der Waals surface area contributed by atoms with Crippen LogP contribution in [0.2, 0.25) is 0 Å². The molecule has 13 heteroatoms. The molecular formula is C20H27NO12. The molecule has 1 N–H and O–H groups in total. The van der Waals surface area contributed by atoms with Crippen LogP contribution in [0.4, 0.5) is 0 Å². The number of rotatable bonds is 9. The predicted octanol–water partition coefficient (Wildman–Crippen LogP) is -0.695. The van der Waals surface area contributed by atoms with Crippen LogP contribution in [0, 0.1) is 0 Å². The van der Waals surface area contributed by atoms with Gasteiger partial charge in [0.2, 0.25) is 11.7 Å². The van der Waals surface area contributed by atoms with Gasteiger partial charge in [0.05, 0.1) is 13.2 Å². The van der Waals surface area contributed by atoms with Crippen LogP contribution in [0.3, 0.4) is 0 Å². The first-order valence-electron chi connectivity index (χ1n) is 9.74. The Morgan fingerprint density at radius 3 is 2.00 bits per heavy atom. The summed E-state index contributed by atoms with van der Waals surface area (Å²) >= 11 is 0. The first kappa shape index (κ1) is 27.4. The Morgan fingerprint density at radius 2 is 1.55 bits per heavy atom. The zero-order valence-corrected chi connectivity index (χ0v) is 19.1. The van der Waals surface area contributed by atoms with E-state index in [1.807, 2.05) is 0 Å². The lowest BCUT2D eigenvalue weighted by Gasteiger charge is -2.40. The number of hydrogen-bond acceptors (Lipinski definition) is 12. The maximum atomic E-state index is 12.2. The first-order chi connectivity index (χ1) is 15.3. The molecule has 0 fully saturated rings. The largest absolute Gasteiger partial charge is 0.475 e. The number of amides is 1. The summed E-state index contributed by atoms with van der Waals surface area (Å²) in [5, 5.41) is 2.50. The van der Waals surface area contributed by atoms with Crippen LogP contribution < -0.4 is 5.32 Å². The van der Waals surface area contributed by atoms with Crippen LogP contribution in [0.25, 0.3) is 0 Å². The van der Waals surface area contributed by atoms with E-state index in [1.54, 1.807) is 0 Å². The molecule has 0 bridgehead atoms. The van der Waals surface area contributed by atoms with Crippen molar-refractivity contribution in [1.29, 1.82) is 0 Å². The van der Waals surface area contributed by atoms with Crippen LogP contribution in [-0.2, 0) is 57.2 Å². The molecule has 0 saturated heterocycles. The van der Waals surface area contributed by atoms with E-state index in [0.29, 0.717) is 0 Å². The minimum Gasteiger partial charge on any atom is -0.475 e. The van der Waals surface area contributed by atoms with E-state index in [-0.39, 0.29) is 0 Å². The van der Waals surface area contributed by atoms with Crippen molar-refractivity contribution < 1.29 is 57.2 Å². The highest BCUT2D eigenvalue weighted by Crippen LogP contribution is 2.28. The molecule has 1 rings (SSSR count). The lowest BCUT2D eigenvalue weighted by molar-refractivity contribution is -0.200. The zero-order chi connectivity index (χ0) is 25.3. The van der Waals surface area contributed by atoms with E-state index in [4.69, 9.17) is 23.7 Å². The molecule has 0 spiro atoms. The Kier molecular flexibility index (Phi) is 10.3. The second kappa shape index (κ2) is 12.4. The SMILES string of the molecule is COC(=O)C1=C[C@H](NC(C)=O)[C@@H](OC(C)=O)[C@H]([C@H](OC(C)=O)[C@H](COC(C)=O)OC(C)=O)O1. The molecule has 0 aromatic rings. The molecule has 0 aromatic carbocycles. The molecule has 0 aromatic heterocycles. The molecule has 1 aliphatic heterocycles. The molecule has 13 nitrogen and oxygen atoms in total. The van der Waals surface area contributed by atoms with E-state index in [1.165, 1.54) is 6.92 Å². The van der Waals surface area contributed by atoms with Crippen LogP contribution >= 0.6 is 0 Å². The van der Waals surface area contributed by atoms with Gasteiger partial charge < -0.3 is 33.7 Å². The second-order valence-electron chi connectivity index (χ2n) is 6.93. The fraction of sp³-hybridized carbons (Fsp3) is 0.600. The molecule has 0 saturated carbocycles. The summed E-state index contributed by atoms with van der Waals surface area (Å²) in [6.07, 6.45) is -4.64. The van der Waals surface area contributed by atoms with E-state index < -0.39 is 78.6 Å². The summed E-state index contributed by atoms with van der Waals surface area (Å²) in [6, 6.07) is -1.12. The number of hydrogen-bond donors (Lipinski definition) is 1. The van der Waals surface area contributed by atoms with Crippen LogP contribution in [-0.4, -0.2) is 79.9 Å². The number of ether oxygens (including phenoxy) is 6. The fourth-order valence-electron chi connectivity index (χ4n) is 3.03. The quantitative estimate of drug-likeness (QED) is 0.331. The van der Waals surface area contributed by atoms with E-state index in [2.05, 4.69) is 10.1 Å². The average Bonchev–Trinajstić information content (AvgIpc) is 2.68. The number of carbonyl (C=O) groups excluding carboxylic acids is 6. The third-order valence-electron chi connectivity index (χ3n) is 4.09. The maximum Gasteiger partial charge on any atom is 0.373 e. The Hall–Kier alpha value is -3.64. The van der Waals surface area contributed by atoms with Gasteiger partial charge in [-0.25, -0.2) is 4.79 Å². The summed E-state index contributed by atoms with van der Waals surface area (Å²) in [7, 11) is 1.08. The topological polar surface area (TPSA) is 170 Å². The van der Waals surface area contributed by atoms with Gasteiger partial charge in [0.15, 0.2) is 24.4 Å². The number of methoxy groups -OCH3 is 1. The van der Waals surface area contributed by atoms with Crippen molar-refractivity contribution in [1.82, 2.24) is 5.32 Å². The monoisotopic (exact) mass is 473 g/mol. The van der Waals surface area contributed by atoms with Gasteiger partial charge >= 0.3 is 29.8 Å². The van der Waals surface area contributed by atoms with Crippen LogP contribution in [0.15, 0.2) is 11.8 Å². The lowest BCUT2D eigenvalue weighted by Crippen LogP contribution is -2.60. The first-order valence-corrected chi connectivity index (χ1v) is 9.74. The third kappa shape index (κ3) is 8.79. The van der Waals surface area contributed by atoms with Gasteiger partial charge in [-0.3, -0.25) is 24.0 Å². The minimum atomic E-state index is -1.54. The average molecular weight is 473 g/mol. The summed E-state index contributed by atoms with van der Waals surface area (Å²) in [5.41, 5.74) is 0. The van der Waals surface area contributed by atoms with Gasteiger partial charge in [-0.1, -0.05) is 0 Å². The molecular weight excluding hydrogens is 446 g/mol. The Bertz CT molecular complexity index is 820. The van der Waals surface area contributed by atoms with Gasteiger partial charge in [-0.2, -0.15) is 0 Å². The minimum absolute atomic E-state index is 0.393. The predicted molar refractivity (Wildman–Crippen MR) is 106 cm³/mol. The Balaban J connectivity index is 3.58. The van der Waals surface area contributed by atoms with Gasteiger partial charge in [-0.05, 0) is 6.08 Å². The second-order valence-corrected chi connectivity index (χ2v) is 6.93. The van der Waals surface area contributed by atoms with Crippen molar-refractivity contribution >= 4 is 35.8 Å². The molecule has 0 radical (unpaired) electrons. The van der Waals surface area contributed by atoms with Crippen molar-refractivity contribution in [3.63, 3.8) is 0 Å². The van der Waals surface area contributed by atoms with Crippen molar-refractivity contribution in [3.05, 3.63) is 11.8 Å². The molecule has 1 heterocycles. The van der Waals surface area contributed by atoms with Crippen molar-refractivity contribution in [3.8, 4) is 0 Å². The molecule has 184 valence electrons. The summed E-state index contributed by atoms with van der Waals surface area (Å²) < 4.78 is 31.0. The molecule has 1 amide bonds. The highest BCUT2D eigenvalue weighted by molar-refractivity contribution is 5.87. The highest BCUT2D eigenvalue weighted by atomic mass is 16.6. The van der Waals surface area contributed by atoms with Crippen molar-refractivity contribution in [2.24, 2.45) is 0 Å². The summed E-state index contributed by atoms with van der Waals surface area (Å²) in [5.74, 6) is -5.05. The third-order valence-corrected chi connectivity index (χ3v) is 4.09. The fourth-order valence-corrected chi connectivity index (χ4v) is 3.03. The zero-order valence-electron chi connectivity index (χ0n) is 19.1. The highest BCUT2D eigenvalue weighted by Gasteiger charge is 2.49. The van der Waals surface area contributed by atoms with E-state index in [9.17, 15) is 28.8 Å². The van der Waals surface area contributed by atoms with E-state index in [0.717, 1.165) is 40.9 Å². The number of nitrogens with one attached hydrogen (secondary N) is 1. The molecule has 33 heavy (non-hydrogen) atoms. The number of carbonyl (C=O) groups is 6. The summed E-state index contributed by atoms with van der Waals surface area (Å²) in [4.78, 5) is 70.6. The van der Waals surface area contributed by atoms with Gasteiger partial charge in [0.1, 0.15) is 6.61 Å². The van der Waals surface area contributed by atoms with Gasteiger partial charge in [0, 0.05) is 34.6 Å². The van der Waals surface area contributed by atoms with Crippen LogP contribution in [0.1, 0.15) is 34.6 Å². The summed E-state index contributed by atoms with van der Waals surface area (Å²) in [6.45, 7) is 4.95. The Morgan fingerprint density at radius 1 is 0.939 bits per heavy atom. The standard InChI is InChI=1S/C20H27NO12/c1-9(22)21-14-7-15(20(27)28-6)33-19(17(14)31-12(4)25)18(32-13(5)26)16(30-11(3)24)8-29-10(2)23/h7,14,16-19H,8H2,1-6H3,(H,21,22)/t14-,16-,17+,18+,19+/m0/s1. The van der Waals surface area contributed by atoms with Crippen molar-refractivity contribution in [2.75, 3.05) is 13.7 Å². The van der Waals surface area contributed by atoms with Gasteiger partial charge in [0.25, 0.3) is 0 Å². The van der Waals surface area contributed by atoms with Gasteiger partial charge in [-0.15, -0.1) is 0 Å². The van der Waals surface area contributed by atoms with E-state index >= 15 is 0 Å². The maximum absolute atomic E-state index is 12.2. The lowest BCUT2D eigenvalue weighted by atomic mass is 9.93.